The molecule has 0 atom stereocenters. The maximum atomic E-state index is 10.9. The summed E-state index contributed by atoms with van der Waals surface area (Å²) < 4.78 is 0. The van der Waals surface area contributed by atoms with Gasteiger partial charge in [0.2, 0.25) is 0 Å². The number of carboxylic acid groups (broad SMARTS) is 1. The van der Waals surface area contributed by atoms with Crippen LogP contribution in [0.15, 0.2) is 30.9 Å². The number of aromatic nitrogens is 2. The van der Waals surface area contributed by atoms with E-state index in [2.05, 4.69) is 9.97 Å². The van der Waals surface area contributed by atoms with Gasteiger partial charge in [0, 0.05) is 35.9 Å². The van der Waals surface area contributed by atoms with Gasteiger partial charge in [0.25, 0.3) is 0 Å². The Hall–Kier alpha value is -2.10. The number of pyridine rings is 1. The highest BCUT2D eigenvalue weighted by atomic mass is 16.4. The molecule has 0 radical (unpaired) electrons. The second-order valence-corrected chi connectivity index (χ2v) is 3.28. The summed E-state index contributed by atoms with van der Waals surface area (Å²) >= 11 is 0. The van der Waals surface area contributed by atoms with Crippen molar-refractivity contribution in [2.24, 2.45) is 0 Å². The highest BCUT2D eigenvalue weighted by molar-refractivity contribution is 5.96. The lowest BCUT2D eigenvalue weighted by Crippen LogP contribution is -1.96. The third-order valence-electron chi connectivity index (χ3n) is 2.31. The lowest BCUT2D eigenvalue weighted by atomic mass is 10.0. The Bertz CT molecular complexity index is 503. The number of aromatic carboxylic acids is 1. The second-order valence-electron chi connectivity index (χ2n) is 3.28. The van der Waals surface area contributed by atoms with E-state index in [9.17, 15) is 4.79 Å². The summed E-state index contributed by atoms with van der Waals surface area (Å²) in [4.78, 5) is 17.7. The van der Waals surface area contributed by atoms with Crippen LogP contribution in [-0.2, 0) is 0 Å². The molecule has 0 aliphatic heterocycles. The molecule has 0 bridgehead atoms. The fourth-order valence-corrected chi connectivity index (χ4v) is 1.51. The minimum atomic E-state index is -0.936. The van der Waals surface area contributed by atoms with Gasteiger partial charge in [-0.2, -0.15) is 0 Å². The molecule has 0 unspecified atom stereocenters. The minimum absolute atomic E-state index is 0.270. The van der Waals surface area contributed by atoms with E-state index in [1.807, 2.05) is 13.0 Å². The van der Waals surface area contributed by atoms with Crippen molar-refractivity contribution in [2.45, 2.75) is 6.92 Å². The smallest absolute Gasteiger partial charge is 0.337 e. The molecular formula is C11H10N2O2. The topological polar surface area (TPSA) is 66.0 Å². The summed E-state index contributed by atoms with van der Waals surface area (Å²) in [5.74, 6) is -0.936. The number of carboxylic acids is 1. The number of nitrogens with zero attached hydrogens (tertiary/aromatic N) is 1. The highest BCUT2D eigenvalue weighted by Crippen LogP contribution is 2.25. The first kappa shape index (κ1) is 9.45. The number of aryl methyl sites for hydroxylation is 1. The van der Waals surface area contributed by atoms with Crippen LogP contribution in [0.4, 0.5) is 0 Å². The van der Waals surface area contributed by atoms with Gasteiger partial charge in [-0.3, -0.25) is 4.98 Å². The van der Waals surface area contributed by atoms with E-state index in [-0.39, 0.29) is 5.56 Å². The summed E-state index contributed by atoms with van der Waals surface area (Å²) in [6, 6.07) is 1.86. The van der Waals surface area contributed by atoms with Crippen LogP contribution in [0, 0.1) is 6.92 Å². The monoisotopic (exact) mass is 202 g/mol. The number of rotatable bonds is 2. The van der Waals surface area contributed by atoms with Crippen LogP contribution in [0.5, 0.6) is 0 Å². The van der Waals surface area contributed by atoms with Gasteiger partial charge >= 0.3 is 5.97 Å². The average molecular weight is 202 g/mol. The molecule has 2 N–H and O–H groups in total. The van der Waals surface area contributed by atoms with Crippen molar-refractivity contribution in [3.8, 4) is 11.1 Å². The second kappa shape index (κ2) is 3.57. The van der Waals surface area contributed by atoms with Gasteiger partial charge in [0.05, 0.1) is 5.56 Å². The molecule has 0 aliphatic rings. The molecular weight excluding hydrogens is 192 g/mol. The first-order chi connectivity index (χ1) is 7.20. The van der Waals surface area contributed by atoms with E-state index in [1.165, 1.54) is 6.20 Å². The third kappa shape index (κ3) is 1.61. The van der Waals surface area contributed by atoms with Crippen LogP contribution >= 0.6 is 0 Å². The lowest BCUT2D eigenvalue weighted by molar-refractivity contribution is 0.0698. The van der Waals surface area contributed by atoms with Crippen molar-refractivity contribution < 1.29 is 9.90 Å². The molecule has 2 aromatic heterocycles. The Morgan fingerprint density at radius 3 is 2.87 bits per heavy atom. The van der Waals surface area contributed by atoms with E-state index in [4.69, 9.17) is 5.11 Å². The molecule has 0 saturated heterocycles. The average Bonchev–Trinajstić information content (AvgIpc) is 2.67. The summed E-state index contributed by atoms with van der Waals surface area (Å²) in [6.07, 6.45) is 6.51. The van der Waals surface area contributed by atoms with Crippen LogP contribution in [-0.4, -0.2) is 21.0 Å². The van der Waals surface area contributed by atoms with Crippen molar-refractivity contribution >= 4 is 5.97 Å². The van der Waals surface area contributed by atoms with Gasteiger partial charge in [-0.15, -0.1) is 0 Å². The molecule has 76 valence electrons. The number of H-pyrrole nitrogens is 1. The number of nitrogens with one attached hydrogen (secondary N) is 1. The molecule has 15 heavy (non-hydrogen) atoms. The first-order valence-corrected chi connectivity index (χ1v) is 4.51. The molecule has 2 rings (SSSR count). The standard InChI is InChI=1S/C11H10N2O2/c1-7-2-3-12-4-8(7)9-5-13-6-10(9)11(14)15/h2-6,13H,1H3,(H,14,15). The molecule has 0 saturated carbocycles. The maximum absolute atomic E-state index is 10.9. The zero-order valence-corrected chi connectivity index (χ0v) is 8.19. The SMILES string of the molecule is Cc1ccncc1-c1c[nH]cc1C(=O)O. The first-order valence-electron chi connectivity index (χ1n) is 4.51. The molecule has 0 aliphatic carbocycles. The zero-order valence-electron chi connectivity index (χ0n) is 8.19. The fourth-order valence-electron chi connectivity index (χ4n) is 1.51. The Balaban J connectivity index is 2.59. The van der Waals surface area contributed by atoms with Crippen LogP contribution in [0.25, 0.3) is 11.1 Å². The minimum Gasteiger partial charge on any atom is -0.478 e. The molecule has 4 nitrogen and oxygen atoms in total. The van der Waals surface area contributed by atoms with E-state index < -0.39 is 5.97 Å². The van der Waals surface area contributed by atoms with Crippen molar-refractivity contribution in [1.29, 1.82) is 0 Å². The molecule has 2 heterocycles. The molecule has 0 spiro atoms. The van der Waals surface area contributed by atoms with Crippen molar-refractivity contribution in [1.82, 2.24) is 9.97 Å². The maximum Gasteiger partial charge on any atom is 0.337 e. The molecule has 4 heteroatoms. The highest BCUT2D eigenvalue weighted by Gasteiger charge is 2.13. The predicted octanol–water partition coefficient (Wildman–Crippen LogP) is 2.08. The van der Waals surface area contributed by atoms with E-state index >= 15 is 0 Å². The largest absolute Gasteiger partial charge is 0.478 e. The van der Waals surface area contributed by atoms with Crippen LogP contribution in [0.2, 0.25) is 0 Å². The fraction of sp³-hybridized carbons (Fsp3) is 0.0909. The summed E-state index contributed by atoms with van der Waals surface area (Å²) in [6.45, 7) is 1.93. The molecule has 0 aromatic carbocycles. The van der Waals surface area contributed by atoms with Crippen molar-refractivity contribution in [3.05, 3.63) is 42.0 Å². The van der Waals surface area contributed by atoms with Gasteiger partial charge in [0.15, 0.2) is 0 Å². The van der Waals surface area contributed by atoms with Crippen LogP contribution < -0.4 is 0 Å². The van der Waals surface area contributed by atoms with Crippen molar-refractivity contribution in [3.63, 3.8) is 0 Å². The van der Waals surface area contributed by atoms with Crippen LogP contribution in [0.1, 0.15) is 15.9 Å². The van der Waals surface area contributed by atoms with E-state index in [0.29, 0.717) is 5.56 Å². The van der Waals surface area contributed by atoms with Crippen molar-refractivity contribution in [2.75, 3.05) is 0 Å². The Morgan fingerprint density at radius 1 is 1.40 bits per heavy atom. The zero-order chi connectivity index (χ0) is 10.8. The normalized spacial score (nSPS) is 10.2. The molecule has 2 aromatic rings. The van der Waals surface area contributed by atoms with Gasteiger partial charge in [-0.25, -0.2) is 4.79 Å². The Labute approximate surface area is 86.6 Å². The van der Waals surface area contributed by atoms with E-state index in [1.54, 1.807) is 18.6 Å². The molecule has 0 amide bonds. The summed E-state index contributed by atoms with van der Waals surface area (Å²) in [7, 11) is 0. The number of hydrogen-bond acceptors (Lipinski definition) is 2. The predicted molar refractivity (Wildman–Crippen MR) is 55.7 cm³/mol. The van der Waals surface area contributed by atoms with Gasteiger partial charge in [0.1, 0.15) is 0 Å². The Morgan fingerprint density at radius 2 is 2.20 bits per heavy atom. The Kier molecular flexibility index (Phi) is 2.25. The number of hydrogen-bond donors (Lipinski definition) is 2. The van der Waals surface area contributed by atoms with Gasteiger partial charge in [-0.1, -0.05) is 0 Å². The summed E-state index contributed by atoms with van der Waals surface area (Å²) in [5, 5.41) is 8.97. The van der Waals surface area contributed by atoms with E-state index in [0.717, 1.165) is 11.1 Å². The van der Waals surface area contributed by atoms with Gasteiger partial charge in [-0.05, 0) is 18.6 Å². The molecule has 0 fully saturated rings. The summed E-state index contributed by atoms with van der Waals surface area (Å²) in [5.41, 5.74) is 2.79. The quantitative estimate of drug-likeness (QED) is 0.783. The third-order valence-corrected chi connectivity index (χ3v) is 2.31. The van der Waals surface area contributed by atoms with Gasteiger partial charge < -0.3 is 10.1 Å². The van der Waals surface area contributed by atoms with Crippen LogP contribution in [0.3, 0.4) is 0 Å². The lowest BCUT2D eigenvalue weighted by Gasteiger charge is -2.03. The number of carbonyl (C=O) groups is 1. The number of aromatic amines is 1.